The monoisotopic (exact) mass is 828 g/mol. The van der Waals surface area contributed by atoms with E-state index >= 15 is 0 Å². The molecular formula is C42H75F3O6S3. The van der Waals surface area contributed by atoms with Gasteiger partial charge >= 0.3 is 0 Å². The Bertz CT molecular complexity index is 1150. The highest BCUT2D eigenvalue weighted by molar-refractivity contribution is 8.35. The molecule has 3 aromatic rings. The number of halogens is 3. The summed E-state index contributed by atoms with van der Waals surface area (Å²) in [5.74, 6) is 4.47. The minimum Gasteiger partial charge on any atom is -0.375 e. The van der Waals surface area contributed by atoms with Crippen LogP contribution in [-0.2, 0) is 28.4 Å². The van der Waals surface area contributed by atoms with E-state index in [2.05, 4.69) is 153 Å². The zero-order valence-electron chi connectivity index (χ0n) is 35.8. The van der Waals surface area contributed by atoms with Gasteiger partial charge in [-0.05, 0) is 65.3 Å². The van der Waals surface area contributed by atoms with E-state index in [1.165, 1.54) is 14.7 Å². The molecule has 0 heterocycles. The fourth-order valence-corrected chi connectivity index (χ4v) is 15.6. The predicted octanol–water partition coefficient (Wildman–Crippen LogP) is 12.0. The standard InChI is InChI=1S/3C14H24O2S.3FH/c3*1-14(2,3)17(11-15-4,12-16-5)13-9-7-6-8-10-13;;;/h3*6-10H,11-12H2,1-5H3;3*1H. The summed E-state index contributed by atoms with van der Waals surface area (Å²) in [5.41, 5.74) is 0. The summed E-state index contributed by atoms with van der Waals surface area (Å²) < 4.78 is 33.4. The molecule has 0 unspecified atom stereocenters. The van der Waals surface area contributed by atoms with Crippen molar-refractivity contribution in [1.82, 2.24) is 0 Å². The highest BCUT2D eigenvalue weighted by Gasteiger charge is 2.40. The highest BCUT2D eigenvalue weighted by atomic mass is 32.3. The molecule has 318 valence electrons. The third-order valence-corrected chi connectivity index (χ3v) is 23.4. The van der Waals surface area contributed by atoms with E-state index in [1.807, 2.05) is 0 Å². The molecular weight excluding hydrogens is 754 g/mol. The lowest BCUT2D eigenvalue weighted by atomic mass is 10.3. The third-order valence-electron chi connectivity index (χ3n) is 9.01. The Morgan fingerprint density at radius 3 is 0.574 bits per heavy atom. The smallest absolute Gasteiger partial charge is 0.0826 e. The maximum absolute atomic E-state index is 5.50. The Labute approximate surface area is 331 Å². The minimum absolute atomic E-state index is 0. The van der Waals surface area contributed by atoms with E-state index in [9.17, 15) is 0 Å². The maximum atomic E-state index is 5.50. The van der Waals surface area contributed by atoms with Crippen LogP contribution >= 0.6 is 30.1 Å². The Kier molecular flexibility index (Phi) is 27.5. The Hall–Kier alpha value is -1.74. The summed E-state index contributed by atoms with van der Waals surface area (Å²) in [6.07, 6.45) is 0. The van der Waals surface area contributed by atoms with Crippen LogP contribution in [0.25, 0.3) is 0 Å². The largest absolute Gasteiger partial charge is 0.375 e. The molecule has 0 aliphatic carbocycles. The first-order valence-electron chi connectivity index (χ1n) is 17.4. The van der Waals surface area contributed by atoms with Gasteiger partial charge in [0.05, 0.1) is 35.6 Å². The van der Waals surface area contributed by atoms with Crippen molar-refractivity contribution in [3.63, 3.8) is 0 Å². The van der Waals surface area contributed by atoms with Crippen molar-refractivity contribution < 1.29 is 42.5 Å². The van der Waals surface area contributed by atoms with Crippen molar-refractivity contribution in [2.75, 3.05) is 78.3 Å². The van der Waals surface area contributed by atoms with Crippen molar-refractivity contribution in [2.24, 2.45) is 0 Å². The maximum Gasteiger partial charge on any atom is 0.0826 e. The van der Waals surface area contributed by atoms with E-state index in [0.29, 0.717) is 0 Å². The number of rotatable bonds is 15. The predicted molar refractivity (Wildman–Crippen MR) is 235 cm³/mol. The molecule has 3 rings (SSSR count). The van der Waals surface area contributed by atoms with Crippen molar-refractivity contribution in [3.05, 3.63) is 91.0 Å². The molecule has 54 heavy (non-hydrogen) atoms. The van der Waals surface area contributed by atoms with Crippen LogP contribution < -0.4 is 0 Å². The van der Waals surface area contributed by atoms with Crippen molar-refractivity contribution >= 4 is 30.1 Å². The Morgan fingerprint density at radius 1 is 0.315 bits per heavy atom. The van der Waals surface area contributed by atoms with Crippen LogP contribution in [0.5, 0.6) is 0 Å². The first-order valence-corrected chi connectivity index (χ1v) is 23.3. The lowest BCUT2D eigenvalue weighted by molar-refractivity contribution is 0.232. The molecule has 12 heteroatoms. The van der Waals surface area contributed by atoms with E-state index < -0.39 is 30.1 Å². The van der Waals surface area contributed by atoms with Gasteiger partial charge in [-0.2, -0.15) is 30.1 Å². The molecule has 0 aromatic heterocycles. The van der Waals surface area contributed by atoms with E-state index in [0.717, 1.165) is 35.6 Å². The normalized spacial score (nSPS) is 12.9. The Morgan fingerprint density at radius 2 is 0.463 bits per heavy atom. The van der Waals surface area contributed by atoms with Gasteiger partial charge in [-0.3, -0.25) is 14.1 Å². The van der Waals surface area contributed by atoms with Gasteiger partial charge in [0.25, 0.3) is 0 Å². The van der Waals surface area contributed by atoms with Gasteiger partial charge in [-0.15, -0.1) is 0 Å². The molecule has 0 bridgehead atoms. The molecule has 0 atom stereocenters. The SMILES string of the molecule is COCS(COC)(c1ccccc1)C(C)(C)C.COCS(COC)(c1ccccc1)C(C)(C)C.COCS(COC)(c1ccccc1)C(C)(C)C.F.F.F. The molecule has 0 aliphatic heterocycles. The summed E-state index contributed by atoms with van der Waals surface area (Å²) in [6.45, 7) is 20.4. The molecule has 6 nitrogen and oxygen atoms in total. The van der Waals surface area contributed by atoms with Gasteiger partial charge in [0.2, 0.25) is 0 Å². The quantitative estimate of drug-likeness (QED) is 0.152. The first-order chi connectivity index (χ1) is 23.9. The molecule has 0 N–H and O–H groups in total. The topological polar surface area (TPSA) is 55.4 Å². The first kappa shape index (κ1) is 56.6. The number of hydrogen-bond acceptors (Lipinski definition) is 6. The van der Waals surface area contributed by atoms with Gasteiger partial charge in [-0.1, -0.05) is 117 Å². The van der Waals surface area contributed by atoms with E-state index in [-0.39, 0.29) is 28.4 Å². The second-order valence-electron chi connectivity index (χ2n) is 15.4. The lowest BCUT2D eigenvalue weighted by Crippen LogP contribution is -2.31. The van der Waals surface area contributed by atoms with Gasteiger partial charge in [0, 0.05) is 42.7 Å². The summed E-state index contributed by atoms with van der Waals surface area (Å²) in [5, 5.41) is 0. The van der Waals surface area contributed by atoms with E-state index in [4.69, 9.17) is 28.4 Å². The van der Waals surface area contributed by atoms with Crippen LogP contribution in [0.2, 0.25) is 0 Å². The second-order valence-corrected chi connectivity index (χ2v) is 27.2. The highest BCUT2D eigenvalue weighted by Crippen LogP contribution is 2.66. The Balaban J connectivity index is -0.000000703. The van der Waals surface area contributed by atoms with Crippen LogP contribution in [0.3, 0.4) is 0 Å². The molecule has 0 saturated carbocycles. The van der Waals surface area contributed by atoms with Crippen molar-refractivity contribution in [2.45, 2.75) is 91.2 Å². The minimum atomic E-state index is -1.14. The summed E-state index contributed by atoms with van der Waals surface area (Å²) in [6, 6.07) is 31.9. The zero-order valence-corrected chi connectivity index (χ0v) is 38.3. The van der Waals surface area contributed by atoms with Gasteiger partial charge in [-0.25, -0.2) is 0 Å². The number of benzene rings is 3. The molecule has 0 radical (unpaired) electrons. The van der Waals surface area contributed by atoms with Crippen LogP contribution in [-0.4, -0.2) is 92.5 Å². The van der Waals surface area contributed by atoms with Crippen molar-refractivity contribution in [1.29, 1.82) is 0 Å². The fraction of sp³-hybridized carbons (Fsp3) is 0.571. The van der Waals surface area contributed by atoms with Crippen LogP contribution in [0.4, 0.5) is 14.1 Å². The summed E-state index contributed by atoms with van der Waals surface area (Å²) in [7, 11) is 7.21. The fourth-order valence-electron chi connectivity index (χ4n) is 5.88. The van der Waals surface area contributed by atoms with Gasteiger partial charge in [0.1, 0.15) is 0 Å². The van der Waals surface area contributed by atoms with Crippen LogP contribution in [0.1, 0.15) is 62.3 Å². The summed E-state index contributed by atoms with van der Waals surface area (Å²) in [4.78, 5) is 4.07. The average molecular weight is 829 g/mol. The number of ether oxygens (including phenoxy) is 6. The van der Waals surface area contributed by atoms with Crippen LogP contribution in [0.15, 0.2) is 106 Å². The van der Waals surface area contributed by atoms with Gasteiger partial charge < -0.3 is 28.4 Å². The van der Waals surface area contributed by atoms with Gasteiger partial charge in [0.15, 0.2) is 0 Å². The molecule has 0 saturated heterocycles. The molecule has 0 amide bonds. The second kappa shape index (κ2) is 26.2. The lowest BCUT2D eigenvalue weighted by Gasteiger charge is -2.49. The third kappa shape index (κ3) is 14.6. The van der Waals surface area contributed by atoms with E-state index in [1.54, 1.807) is 42.7 Å². The van der Waals surface area contributed by atoms with Crippen LogP contribution in [0, 0.1) is 0 Å². The summed E-state index contributed by atoms with van der Waals surface area (Å²) >= 11 is 0. The average Bonchev–Trinajstić information content (AvgIpc) is 3.08. The number of hydrogen-bond donors (Lipinski definition) is 0. The molecule has 0 spiro atoms. The zero-order chi connectivity index (χ0) is 38.8. The van der Waals surface area contributed by atoms with Crippen molar-refractivity contribution in [3.8, 4) is 0 Å². The number of methoxy groups -OCH3 is 6. The molecule has 0 fully saturated rings. The molecule has 0 aliphatic rings. The molecule has 3 aromatic carbocycles.